The Balaban J connectivity index is 2.04. The Morgan fingerprint density at radius 2 is 2.05 bits per heavy atom. The molecule has 110 valence electrons. The first-order valence-electron chi connectivity index (χ1n) is 6.72. The fourth-order valence-corrected chi connectivity index (χ4v) is 2.95. The molecule has 2 aliphatic rings. The van der Waals surface area contributed by atoms with E-state index in [0.717, 1.165) is 0 Å². The maximum Gasteiger partial charge on any atom is 0.408 e. The van der Waals surface area contributed by atoms with E-state index in [9.17, 15) is 13.6 Å². The van der Waals surface area contributed by atoms with Gasteiger partial charge >= 0.3 is 6.09 Å². The molecule has 0 radical (unpaired) electrons. The van der Waals surface area contributed by atoms with Crippen molar-refractivity contribution < 1.29 is 18.3 Å². The van der Waals surface area contributed by atoms with Gasteiger partial charge in [-0.2, -0.15) is 0 Å². The van der Waals surface area contributed by atoms with Crippen molar-refractivity contribution >= 4 is 6.09 Å². The molecule has 2 fully saturated rings. The molecule has 0 bridgehead atoms. The average molecular weight is 276 g/mol. The number of nitrogens with one attached hydrogen (secondary N) is 2. The molecule has 0 aromatic heterocycles. The van der Waals surface area contributed by atoms with Crippen LogP contribution >= 0.6 is 0 Å². The summed E-state index contributed by atoms with van der Waals surface area (Å²) in [6.07, 6.45) is -0.584. The van der Waals surface area contributed by atoms with Crippen LogP contribution in [-0.4, -0.2) is 36.2 Å². The summed E-state index contributed by atoms with van der Waals surface area (Å²) in [5.41, 5.74) is -1.16. The van der Waals surface area contributed by atoms with Crippen molar-refractivity contribution in [2.24, 2.45) is 5.92 Å². The van der Waals surface area contributed by atoms with E-state index in [1.54, 1.807) is 20.8 Å². The van der Waals surface area contributed by atoms with Gasteiger partial charge in [0.05, 0.1) is 5.54 Å². The summed E-state index contributed by atoms with van der Waals surface area (Å²) < 4.78 is 32.1. The van der Waals surface area contributed by atoms with Gasteiger partial charge in [-0.05, 0) is 27.2 Å². The maximum absolute atomic E-state index is 13.4. The molecule has 1 aliphatic heterocycles. The highest BCUT2D eigenvalue weighted by atomic mass is 19.3. The molecule has 2 unspecified atom stereocenters. The Bertz CT molecular complexity index is 368. The normalized spacial score (nSPS) is 33.6. The summed E-state index contributed by atoms with van der Waals surface area (Å²) in [6.45, 7) is 6.40. The van der Waals surface area contributed by atoms with E-state index in [2.05, 4.69) is 10.6 Å². The van der Waals surface area contributed by atoms with Crippen LogP contribution in [0.2, 0.25) is 0 Å². The third-order valence-corrected chi connectivity index (χ3v) is 3.84. The van der Waals surface area contributed by atoms with Gasteiger partial charge in [0.15, 0.2) is 0 Å². The average Bonchev–Trinajstić information content (AvgIpc) is 2.56. The summed E-state index contributed by atoms with van der Waals surface area (Å²) in [7, 11) is 0. The Labute approximate surface area is 112 Å². The fourth-order valence-electron chi connectivity index (χ4n) is 2.95. The molecule has 2 rings (SSSR count). The molecule has 1 heterocycles. The smallest absolute Gasteiger partial charge is 0.408 e. The highest BCUT2D eigenvalue weighted by Crippen LogP contribution is 2.44. The van der Waals surface area contributed by atoms with Gasteiger partial charge in [-0.3, -0.25) is 0 Å². The lowest BCUT2D eigenvalue weighted by atomic mass is 9.73. The third-order valence-electron chi connectivity index (χ3n) is 3.84. The molecule has 6 heteroatoms. The lowest BCUT2D eigenvalue weighted by Crippen LogP contribution is -2.58. The second-order valence-electron chi connectivity index (χ2n) is 6.67. The third kappa shape index (κ3) is 3.35. The minimum absolute atomic E-state index is 0.171. The summed E-state index contributed by atoms with van der Waals surface area (Å²) in [6, 6.07) is 0. The van der Waals surface area contributed by atoms with Gasteiger partial charge in [0.25, 0.3) is 0 Å². The van der Waals surface area contributed by atoms with Crippen LogP contribution < -0.4 is 10.6 Å². The molecule has 1 saturated heterocycles. The van der Waals surface area contributed by atoms with E-state index < -0.39 is 23.2 Å². The number of amides is 1. The minimum Gasteiger partial charge on any atom is -0.444 e. The number of fused-ring (bicyclic) bond motifs is 1. The van der Waals surface area contributed by atoms with Crippen LogP contribution in [0.5, 0.6) is 0 Å². The molecule has 1 aliphatic carbocycles. The van der Waals surface area contributed by atoms with Crippen LogP contribution in [0.25, 0.3) is 0 Å². The van der Waals surface area contributed by atoms with Gasteiger partial charge in [0.2, 0.25) is 5.92 Å². The number of carbonyl (C=O) groups is 1. The first kappa shape index (κ1) is 14.5. The molecule has 19 heavy (non-hydrogen) atoms. The Kier molecular flexibility index (Phi) is 3.49. The van der Waals surface area contributed by atoms with Gasteiger partial charge in [-0.25, -0.2) is 13.6 Å². The van der Waals surface area contributed by atoms with Gasteiger partial charge in [0.1, 0.15) is 5.60 Å². The van der Waals surface area contributed by atoms with Crippen LogP contribution in [0.1, 0.15) is 40.0 Å². The molecule has 4 nitrogen and oxygen atoms in total. The maximum atomic E-state index is 13.4. The van der Waals surface area contributed by atoms with Gasteiger partial charge in [0, 0.05) is 31.8 Å². The van der Waals surface area contributed by atoms with Crippen LogP contribution in [0, 0.1) is 5.92 Å². The molecule has 1 amide bonds. The number of halogens is 2. The second-order valence-corrected chi connectivity index (χ2v) is 6.67. The van der Waals surface area contributed by atoms with Crippen LogP contribution in [0.15, 0.2) is 0 Å². The zero-order valence-electron chi connectivity index (χ0n) is 11.7. The van der Waals surface area contributed by atoms with Crippen molar-refractivity contribution in [2.45, 2.75) is 57.1 Å². The number of carbonyl (C=O) groups excluding carboxylic acids is 1. The first-order valence-corrected chi connectivity index (χ1v) is 6.72. The van der Waals surface area contributed by atoms with Crippen molar-refractivity contribution in [3.63, 3.8) is 0 Å². The SMILES string of the molecule is CC(C)(C)OC(=O)NC12CCC(F)(F)CC1CNC2. The lowest BCUT2D eigenvalue weighted by Gasteiger charge is -2.42. The zero-order chi connectivity index (χ0) is 14.3. The molecule has 0 aromatic carbocycles. The number of alkyl halides is 2. The monoisotopic (exact) mass is 276 g/mol. The quantitative estimate of drug-likeness (QED) is 0.772. The van der Waals surface area contributed by atoms with Crippen molar-refractivity contribution in [1.82, 2.24) is 10.6 Å². The van der Waals surface area contributed by atoms with E-state index in [-0.39, 0.29) is 25.2 Å². The highest BCUT2D eigenvalue weighted by Gasteiger charge is 2.53. The summed E-state index contributed by atoms with van der Waals surface area (Å²) in [5.74, 6) is -2.85. The molecule has 0 spiro atoms. The largest absolute Gasteiger partial charge is 0.444 e. The molecule has 2 atom stereocenters. The predicted molar refractivity (Wildman–Crippen MR) is 67.3 cm³/mol. The summed E-state index contributed by atoms with van der Waals surface area (Å²) in [4.78, 5) is 11.9. The van der Waals surface area contributed by atoms with Crippen molar-refractivity contribution in [3.8, 4) is 0 Å². The van der Waals surface area contributed by atoms with E-state index in [1.807, 2.05) is 0 Å². The van der Waals surface area contributed by atoms with Gasteiger partial charge < -0.3 is 15.4 Å². The van der Waals surface area contributed by atoms with E-state index in [4.69, 9.17) is 4.74 Å². The van der Waals surface area contributed by atoms with Gasteiger partial charge in [-0.15, -0.1) is 0 Å². The molecule has 2 N–H and O–H groups in total. The van der Waals surface area contributed by atoms with Crippen molar-refractivity contribution in [3.05, 3.63) is 0 Å². The minimum atomic E-state index is -2.62. The Morgan fingerprint density at radius 1 is 1.37 bits per heavy atom. The van der Waals surface area contributed by atoms with Crippen molar-refractivity contribution in [2.75, 3.05) is 13.1 Å². The van der Waals surface area contributed by atoms with Crippen LogP contribution in [0.3, 0.4) is 0 Å². The Morgan fingerprint density at radius 3 is 2.68 bits per heavy atom. The van der Waals surface area contributed by atoms with Gasteiger partial charge in [-0.1, -0.05) is 0 Å². The van der Waals surface area contributed by atoms with E-state index in [0.29, 0.717) is 13.1 Å². The number of hydrogen-bond acceptors (Lipinski definition) is 3. The Hall–Kier alpha value is -0.910. The predicted octanol–water partition coefficient (Wildman–Crippen LogP) is 2.29. The van der Waals surface area contributed by atoms with E-state index >= 15 is 0 Å². The highest BCUT2D eigenvalue weighted by molar-refractivity contribution is 5.69. The number of rotatable bonds is 1. The zero-order valence-corrected chi connectivity index (χ0v) is 11.7. The number of ether oxygens (including phenoxy) is 1. The van der Waals surface area contributed by atoms with E-state index in [1.165, 1.54) is 0 Å². The van der Waals surface area contributed by atoms with Crippen LogP contribution in [-0.2, 0) is 4.74 Å². The first-order chi connectivity index (χ1) is 8.62. The second kappa shape index (κ2) is 4.58. The summed E-state index contributed by atoms with van der Waals surface area (Å²) in [5, 5.41) is 5.94. The molecular formula is C13H22F2N2O2. The fraction of sp³-hybridized carbons (Fsp3) is 0.923. The molecule has 1 saturated carbocycles. The molecular weight excluding hydrogens is 254 g/mol. The molecule has 0 aromatic rings. The summed E-state index contributed by atoms with van der Waals surface area (Å²) >= 11 is 0. The lowest BCUT2D eigenvalue weighted by molar-refractivity contribution is -0.0724. The van der Waals surface area contributed by atoms with Crippen LogP contribution in [0.4, 0.5) is 13.6 Å². The number of alkyl carbamates (subject to hydrolysis) is 1. The van der Waals surface area contributed by atoms with Crippen molar-refractivity contribution in [1.29, 1.82) is 0 Å². The topological polar surface area (TPSA) is 50.4 Å². The standard InChI is InChI=1S/C13H22F2N2O2/c1-11(2,3)19-10(18)17-12-4-5-13(14,15)6-9(12)7-16-8-12/h9,16H,4-8H2,1-3H3,(H,17,18). The number of hydrogen-bond donors (Lipinski definition) is 2.